The lowest BCUT2D eigenvalue weighted by Crippen LogP contribution is -1.86. The van der Waals surface area contributed by atoms with E-state index in [0.29, 0.717) is 0 Å². The maximum Gasteiger partial charge on any atom is 0.0345 e. The Hall–Kier alpha value is -0.820. The van der Waals surface area contributed by atoms with Crippen LogP contribution >= 0.6 is 11.3 Å². The number of aryl methyl sites for hydroxylation is 1. The highest BCUT2D eigenvalue weighted by atomic mass is 32.1. The van der Waals surface area contributed by atoms with Crippen molar-refractivity contribution in [1.29, 1.82) is 0 Å². The Balaban J connectivity index is 2.41. The number of thiophene rings is 1. The third-order valence-electron chi connectivity index (χ3n) is 2.25. The van der Waals surface area contributed by atoms with Crippen molar-refractivity contribution in [2.75, 3.05) is 0 Å². The number of fused-ring (bicyclic) bond motifs is 1. The van der Waals surface area contributed by atoms with Gasteiger partial charge in [-0.2, -0.15) is 0 Å². The molecule has 1 heterocycles. The van der Waals surface area contributed by atoms with E-state index in [2.05, 4.69) is 45.0 Å². The molecule has 0 bridgehead atoms. The minimum absolute atomic E-state index is 1.12. The first-order chi connectivity index (χ1) is 6.65. The van der Waals surface area contributed by atoms with E-state index in [1.54, 1.807) is 0 Å². The van der Waals surface area contributed by atoms with E-state index in [0.717, 1.165) is 6.42 Å². The van der Waals surface area contributed by atoms with Crippen molar-refractivity contribution in [1.82, 2.24) is 0 Å². The monoisotopic (exact) mass is 203 g/mol. The first-order valence-corrected chi connectivity index (χ1v) is 5.75. The van der Waals surface area contributed by atoms with Crippen LogP contribution < -0.4 is 0 Å². The normalized spacial score (nSPS) is 11.4. The van der Waals surface area contributed by atoms with Gasteiger partial charge in [-0.05, 0) is 36.8 Å². The third kappa shape index (κ3) is 1.98. The number of rotatable bonds is 2. The SMILES string of the molecule is C[C](C)Cc1cc2cc(C)ccc2s1. The lowest BCUT2D eigenvalue weighted by Gasteiger charge is -1.98. The van der Waals surface area contributed by atoms with Gasteiger partial charge in [0.15, 0.2) is 0 Å². The van der Waals surface area contributed by atoms with Gasteiger partial charge in [0.1, 0.15) is 0 Å². The quantitative estimate of drug-likeness (QED) is 0.680. The molecule has 73 valence electrons. The van der Waals surface area contributed by atoms with Gasteiger partial charge in [-0.1, -0.05) is 31.5 Å². The molecular formula is C13H15S. The summed E-state index contributed by atoms with van der Waals surface area (Å²) in [7, 11) is 0. The van der Waals surface area contributed by atoms with Crippen molar-refractivity contribution >= 4 is 21.4 Å². The summed E-state index contributed by atoms with van der Waals surface area (Å²) < 4.78 is 1.41. The number of benzene rings is 1. The molecule has 1 aromatic heterocycles. The van der Waals surface area contributed by atoms with Gasteiger partial charge in [-0.15, -0.1) is 11.3 Å². The molecule has 0 saturated carbocycles. The second-order valence-electron chi connectivity index (χ2n) is 4.14. The first-order valence-electron chi connectivity index (χ1n) is 4.93. The highest BCUT2D eigenvalue weighted by molar-refractivity contribution is 7.19. The molecule has 0 aliphatic rings. The van der Waals surface area contributed by atoms with Crippen LogP contribution in [0, 0.1) is 12.8 Å². The van der Waals surface area contributed by atoms with Crippen LogP contribution in [0.5, 0.6) is 0 Å². The summed E-state index contributed by atoms with van der Waals surface area (Å²) in [5.41, 5.74) is 1.35. The Morgan fingerprint density at radius 3 is 2.71 bits per heavy atom. The fourth-order valence-corrected chi connectivity index (χ4v) is 2.85. The molecule has 0 fully saturated rings. The molecule has 0 spiro atoms. The summed E-state index contributed by atoms with van der Waals surface area (Å²) in [6.45, 7) is 6.53. The average molecular weight is 203 g/mol. The predicted molar refractivity (Wildman–Crippen MR) is 64.9 cm³/mol. The van der Waals surface area contributed by atoms with Gasteiger partial charge in [-0.25, -0.2) is 0 Å². The molecule has 1 heteroatoms. The Morgan fingerprint density at radius 2 is 2.00 bits per heavy atom. The summed E-state index contributed by atoms with van der Waals surface area (Å²) in [5.74, 6) is 1.48. The zero-order valence-corrected chi connectivity index (χ0v) is 9.74. The third-order valence-corrected chi connectivity index (χ3v) is 3.37. The molecule has 0 unspecified atom stereocenters. The van der Waals surface area contributed by atoms with Crippen molar-refractivity contribution in [2.45, 2.75) is 27.2 Å². The summed E-state index contributed by atoms with van der Waals surface area (Å²) in [6, 6.07) is 9.00. The maximum atomic E-state index is 2.32. The Labute approximate surface area is 89.6 Å². The Bertz CT molecular complexity index is 437. The highest BCUT2D eigenvalue weighted by Gasteiger charge is 2.03. The van der Waals surface area contributed by atoms with Gasteiger partial charge in [0, 0.05) is 9.58 Å². The van der Waals surface area contributed by atoms with Gasteiger partial charge in [0.05, 0.1) is 0 Å². The van der Waals surface area contributed by atoms with Crippen molar-refractivity contribution in [3.05, 3.63) is 40.6 Å². The summed E-state index contributed by atoms with van der Waals surface area (Å²) in [4.78, 5) is 1.48. The van der Waals surface area contributed by atoms with Crippen molar-refractivity contribution < 1.29 is 0 Å². The van der Waals surface area contributed by atoms with Gasteiger partial charge in [-0.3, -0.25) is 0 Å². The van der Waals surface area contributed by atoms with Crippen LogP contribution in [0.3, 0.4) is 0 Å². The molecule has 0 saturated heterocycles. The lowest BCUT2D eigenvalue weighted by molar-refractivity contribution is 0.975. The molecule has 0 aliphatic carbocycles. The molecule has 2 aromatic rings. The van der Waals surface area contributed by atoms with Gasteiger partial charge >= 0.3 is 0 Å². The molecule has 0 nitrogen and oxygen atoms in total. The molecular weight excluding hydrogens is 188 g/mol. The van der Waals surface area contributed by atoms with E-state index in [9.17, 15) is 0 Å². The summed E-state index contributed by atoms with van der Waals surface area (Å²) in [6.07, 6.45) is 1.12. The van der Waals surface area contributed by atoms with Crippen LogP contribution in [0.25, 0.3) is 10.1 Å². The minimum Gasteiger partial charge on any atom is -0.140 e. The molecule has 1 radical (unpaired) electrons. The first kappa shape index (κ1) is 9.72. The van der Waals surface area contributed by atoms with E-state index < -0.39 is 0 Å². The summed E-state index contributed by atoms with van der Waals surface area (Å²) >= 11 is 1.91. The lowest BCUT2D eigenvalue weighted by atomic mass is 10.1. The smallest absolute Gasteiger partial charge is 0.0345 e. The van der Waals surface area contributed by atoms with Crippen LogP contribution in [0.15, 0.2) is 24.3 Å². The molecule has 0 amide bonds. The molecule has 14 heavy (non-hydrogen) atoms. The molecule has 0 atom stereocenters. The van der Waals surface area contributed by atoms with Gasteiger partial charge in [0.2, 0.25) is 0 Å². The topological polar surface area (TPSA) is 0 Å². The fourth-order valence-electron chi connectivity index (χ4n) is 1.65. The Kier molecular flexibility index (Phi) is 2.60. The van der Waals surface area contributed by atoms with Crippen molar-refractivity contribution in [3.63, 3.8) is 0 Å². The fraction of sp³-hybridized carbons (Fsp3) is 0.308. The minimum atomic E-state index is 1.12. The van der Waals surface area contributed by atoms with Crippen molar-refractivity contribution in [2.24, 2.45) is 0 Å². The average Bonchev–Trinajstić information content (AvgIpc) is 2.44. The van der Waals surface area contributed by atoms with Crippen LogP contribution in [0.2, 0.25) is 0 Å². The van der Waals surface area contributed by atoms with E-state index in [1.807, 2.05) is 11.3 Å². The van der Waals surface area contributed by atoms with Crippen LogP contribution in [-0.4, -0.2) is 0 Å². The van der Waals surface area contributed by atoms with Gasteiger partial charge < -0.3 is 0 Å². The largest absolute Gasteiger partial charge is 0.140 e. The van der Waals surface area contributed by atoms with E-state index in [4.69, 9.17) is 0 Å². The van der Waals surface area contributed by atoms with Crippen LogP contribution in [-0.2, 0) is 6.42 Å². The van der Waals surface area contributed by atoms with Crippen molar-refractivity contribution in [3.8, 4) is 0 Å². The van der Waals surface area contributed by atoms with E-state index >= 15 is 0 Å². The second kappa shape index (κ2) is 3.74. The molecule has 0 aliphatic heterocycles. The number of hydrogen-bond donors (Lipinski definition) is 0. The van der Waals surface area contributed by atoms with Crippen LogP contribution in [0.4, 0.5) is 0 Å². The zero-order chi connectivity index (χ0) is 10.1. The van der Waals surface area contributed by atoms with E-state index in [-0.39, 0.29) is 0 Å². The van der Waals surface area contributed by atoms with Gasteiger partial charge in [0.25, 0.3) is 0 Å². The molecule has 1 aromatic carbocycles. The second-order valence-corrected chi connectivity index (χ2v) is 5.31. The zero-order valence-electron chi connectivity index (χ0n) is 8.92. The maximum absolute atomic E-state index is 2.32. The number of hydrogen-bond acceptors (Lipinski definition) is 1. The Morgan fingerprint density at radius 1 is 1.21 bits per heavy atom. The standard InChI is InChI=1S/C13H15S/c1-9(2)6-12-8-11-7-10(3)4-5-13(11)14-12/h4-5,7-8H,6H2,1-3H3. The molecule has 0 N–H and O–H groups in total. The predicted octanol–water partition coefficient (Wildman–Crippen LogP) is 4.37. The van der Waals surface area contributed by atoms with E-state index in [1.165, 1.54) is 26.4 Å². The van der Waals surface area contributed by atoms with Crippen LogP contribution in [0.1, 0.15) is 24.3 Å². The molecule has 2 rings (SSSR count). The highest BCUT2D eigenvalue weighted by Crippen LogP contribution is 2.28. The summed E-state index contributed by atoms with van der Waals surface area (Å²) in [5, 5.41) is 1.39.